The van der Waals surface area contributed by atoms with Crippen molar-refractivity contribution in [3.63, 3.8) is 0 Å². The Bertz CT molecular complexity index is 244. The molecule has 0 heterocycles. The van der Waals surface area contributed by atoms with Crippen molar-refractivity contribution in [1.29, 1.82) is 0 Å². The molecular weight excluding hydrogens is 306 g/mol. The molecule has 0 saturated carbocycles. The van der Waals surface area contributed by atoms with Crippen LogP contribution < -0.4 is 5.32 Å². The number of carbonyl (C=O) groups excluding carboxylic acids is 1. The third-order valence-corrected chi connectivity index (χ3v) is 2.86. The van der Waals surface area contributed by atoms with Crippen LogP contribution in [0.3, 0.4) is 0 Å². The van der Waals surface area contributed by atoms with E-state index in [9.17, 15) is 4.79 Å². The molecule has 0 aliphatic rings. The number of thiol groups is 1. The Balaban J connectivity index is 3.06. The highest BCUT2D eigenvalue weighted by Crippen LogP contribution is 1.88. The van der Waals surface area contributed by atoms with Gasteiger partial charge in [-0.25, -0.2) is 0 Å². The number of carbonyl (C=O) groups is 1. The lowest BCUT2D eigenvalue weighted by atomic mass is 10.3. The van der Waals surface area contributed by atoms with Gasteiger partial charge in [0, 0.05) is 18.7 Å². The lowest BCUT2D eigenvalue weighted by Crippen LogP contribution is -2.25. The molecule has 1 amide bonds. The molecule has 7 heteroatoms. The van der Waals surface area contributed by atoms with Crippen molar-refractivity contribution in [3.8, 4) is 0 Å². The van der Waals surface area contributed by atoms with Crippen LogP contribution in [0.4, 0.5) is 0 Å². The first kappa shape index (κ1) is 21.7. The van der Waals surface area contributed by atoms with E-state index in [1.54, 1.807) is 0 Å². The SMILES string of the molecule is CCCCNC(=O)CCOCCOCCOCCOCCS. The summed E-state index contributed by atoms with van der Waals surface area (Å²) in [4.78, 5) is 11.4. The molecule has 0 aliphatic carbocycles. The van der Waals surface area contributed by atoms with Gasteiger partial charge in [-0.05, 0) is 6.42 Å². The van der Waals surface area contributed by atoms with Gasteiger partial charge in [-0.15, -0.1) is 0 Å². The molecule has 0 aromatic heterocycles. The molecule has 0 aromatic rings. The fraction of sp³-hybridized carbons (Fsp3) is 0.933. The average Bonchev–Trinajstić information content (AvgIpc) is 2.52. The molecule has 22 heavy (non-hydrogen) atoms. The summed E-state index contributed by atoms with van der Waals surface area (Å²) < 4.78 is 21.2. The molecule has 0 unspecified atom stereocenters. The standard InChI is InChI=1S/C15H31NO5S/c1-2-3-5-16-15(17)4-6-18-7-8-19-9-10-20-11-12-21-13-14-22/h22H,2-14H2,1H3,(H,16,17). The van der Waals surface area contributed by atoms with E-state index in [1.807, 2.05) is 0 Å². The minimum Gasteiger partial charge on any atom is -0.379 e. The van der Waals surface area contributed by atoms with Gasteiger partial charge in [-0.1, -0.05) is 13.3 Å². The third kappa shape index (κ3) is 17.7. The topological polar surface area (TPSA) is 66.0 Å². The van der Waals surface area contributed by atoms with Crippen molar-refractivity contribution in [2.75, 3.05) is 65.2 Å². The van der Waals surface area contributed by atoms with E-state index >= 15 is 0 Å². The van der Waals surface area contributed by atoms with Crippen molar-refractivity contribution >= 4 is 18.5 Å². The highest BCUT2D eigenvalue weighted by atomic mass is 32.1. The van der Waals surface area contributed by atoms with E-state index in [2.05, 4.69) is 24.9 Å². The molecule has 0 saturated heterocycles. The summed E-state index contributed by atoms with van der Waals surface area (Å²) in [6, 6.07) is 0. The van der Waals surface area contributed by atoms with Gasteiger partial charge in [0.05, 0.1) is 52.9 Å². The van der Waals surface area contributed by atoms with E-state index in [-0.39, 0.29) is 5.91 Å². The van der Waals surface area contributed by atoms with Crippen LogP contribution in [0.5, 0.6) is 0 Å². The number of unbranched alkanes of at least 4 members (excludes halogenated alkanes) is 1. The van der Waals surface area contributed by atoms with E-state index in [0.29, 0.717) is 59.3 Å². The average molecular weight is 337 g/mol. The van der Waals surface area contributed by atoms with Gasteiger partial charge >= 0.3 is 0 Å². The molecule has 0 bridgehead atoms. The second-order valence-electron chi connectivity index (χ2n) is 4.63. The van der Waals surface area contributed by atoms with Crippen LogP contribution in [0.15, 0.2) is 0 Å². The molecule has 0 aliphatic heterocycles. The maximum absolute atomic E-state index is 11.4. The van der Waals surface area contributed by atoms with Gasteiger partial charge in [0.25, 0.3) is 0 Å². The predicted molar refractivity (Wildman–Crippen MR) is 89.7 cm³/mol. The lowest BCUT2D eigenvalue weighted by Gasteiger charge is -2.07. The van der Waals surface area contributed by atoms with Crippen molar-refractivity contribution < 1.29 is 23.7 Å². The summed E-state index contributed by atoms with van der Waals surface area (Å²) >= 11 is 4.04. The van der Waals surface area contributed by atoms with Crippen molar-refractivity contribution in [3.05, 3.63) is 0 Å². The first-order chi connectivity index (χ1) is 10.8. The number of ether oxygens (including phenoxy) is 4. The second-order valence-corrected chi connectivity index (χ2v) is 5.07. The van der Waals surface area contributed by atoms with E-state index < -0.39 is 0 Å². The van der Waals surface area contributed by atoms with Crippen LogP contribution in [0.2, 0.25) is 0 Å². The van der Waals surface area contributed by atoms with Gasteiger partial charge in [0.15, 0.2) is 0 Å². The van der Waals surface area contributed by atoms with Crippen LogP contribution in [0.1, 0.15) is 26.2 Å². The van der Waals surface area contributed by atoms with Crippen LogP contribution in [0, 0.1) is 0 Å². The minimum absolute atomic E-state index is 0.0444. The zero-order chi connectivity index (χ0) is 16.3. The number of rotatable bonds is 17. The number of amides is 1. The summed E-state index contributed by atoms with van der Waals surface area (Å²) in [5.41, 5.74) is 0. The summed E-state index contributed by atoms with van der Waals surface area (Å²) in [6.07, 6.45) is 2.50. The number of hydrogen-bond acceptors (Lipinski definition) is 6. The fourth-order valence-corrected chi connectivity index (χ4v) is 1.61. The lowest BCUT2D eigenvalue weighted by molar-refractivity contribution is -0.122. The van der Waals surface area contributed by atoms with Gasteiger partial charge in [0.1, 0.15) is 0 Å². The predicted octanol–water partition coefficient (Wildman–Crippen LogP) is 1.29. The molecule has 1 N–H and O–H groups in total. The normalized spacial score (nSPS) is 10.8. The Hall–Kier alpha value is -0.340. The monoisotopic (exact) mass is 337 g/mol. The molecule has 0 rings (SSSR count). The van der Waals surface area contributed by atoms with Crippen LogP contribution >= 0.6 is 12.6 Å². The Morgan fingerprint density at radius 2 is 1.36 bits per heavy atom. The number of hydrogen-bond donors (Lipinski definition) is 2. The van der Waals surface area contributed by atoms with Crippen molar-refractivity contribution in [2.24, 2.45) is 0 Å². The second kappa shape index (κ2) is 18.7. The highest BCUT2D eigenvalue weighted by Gasteiger charge is 1.99. The van der Waals surface area contributed by atoms with Crippen LogP contribution in [-0.4, -0.2) is 71.1 Å². The summed E-state index contributed by atoms with van der Waals surface area (Å²) in [5.74, 6) is 0.770. The molecule has 132 valence electrons. The molecule has 0 atom stereocenters. The minimum atomic E-state index is 0.0444. The van der Waals surface area contributed by atoms with E-state index in [0.717, 1.165) is 25.1 Å². The third-order valence-electron chi connectivity index (χ3n) is 2.68. The molecule has 0 spiro atoms. The summed E-state index contributed by atoms with van der Waals surface area (Å²) in [5, 5.41) is 2.85. The van der Waals surface area contributed by atoms with E-state index in [4.69, 9.17) is 18.9 Å². The molecular formula is C15H31NO5S. The van der Waals surface area contributed by atoms with Crippen LogP contribution in [-0.2, 0) is 23.7 Å². The van der Waals surface area contributed by atoms with Crippen molar-refractivity contribution in [2.45, 2.75) is 26.2 Å². The van der Waals surface area contributed by atoms with Gasteiger partial charge in [0.2, 0.25) is 5.91 Å². The molecule has 0 fully saturated rings. The number of nitrogens with one attached hydrogen (secondary N) is 1. The summed E-state index contributed by atoms with van der Waals surface area (Å²) in [7, 11) is 0. The fourth-order valence-electron chi connectivity index (χ4n) is 1.48. The Morgan fingerprint density at radius 3 is 1.86 bits per heavy atom. The van der Waals surface area contributed by atoms with Crippen molar-refractivity contribution in [1.82, 2.24) is 5.32 Å². The summed E-state index contributed by atoms with van der Waals surface area (Å²) in [6.45, 7) is 7.17. The molecule has 6 nitrogen and oxygen atoms in total. The highest BCUT2D eigenvalue weighted by molar-refractivity contribution is 7.80. The first-order valence-electron chi connectivity index (χ1n) is 7.99. The Labute approximate surface area is 139 Å². The molecule has 0 radical (unpaired) electrons. The van der Waals surface area contributed by atoms with Gasteiger partial charge in [-0.3, -0.25) is 4.79 Å². The zero-order valence-electron chi connectivity index (χ0n) is 13.7. The largest absolute Gasteiger partial charge is 0.379 e. The first-order valence-corrected chi connectivity index (χ1v) is 8.63. The van der Waals surface area contributed by atoms with E-state index in [1.165, 1.54) is 0 Å². The zero-order valence-corrected chi connectivity index (χ0v) is 14.6. The smallest absolute Gasteiger partial charge is 0.222 e. The quantitative estimate of drug-likeness (QED) is 0.309. The van der Waals surface area contributed by atoms with Gasteiger partial charge in [-0.2, -0.15) is 12.6 Å². The Kier molecular flexibility index (Phi) is 18.4. The maximum Gasteiger partial charge on any atom is 0.222 e. The maximum atomic E-state index is 11.4. The van der Waals surface area contributed by atoms with Crippen LogP contribution in [0.25, 0.3) is 0 Å². The molecule has 0 aromatic carbocycles. The van der Waals surface area contributed by atoms with Gasteiger partial charge < -0.3 is 24.3 Å². The Morgan fingerprint density at radius 1 is 0.864 bits per heavy atom.